The summed E-state index contributed by atoms with van der Waals surface area (Å²) in [6.45, 7) is 6.42. The van der Waals surface area contributed by atoms with Gasteiger partial charge in [0.1, 0.15) is 13.2 Å². The summed E-state index contributed by atoms with van der Waals surface area (Å²) in [5.41, 5.74) is 0. The molecule has 0 N–H and O–H groups in total. The lowest BCUT2D eigenvalue weighted by molar-refractivity contribution is -0.166. The van der Waals surface area contributed by atoms with Crippen molar-refractivity contribution in [3.63, 3.8) is 0 Å². The Labute approximate surface area is 419 Å². The maximum absolute atomic E-state index is 12.8. The lowest BCUT2D eigenvalue weighted by atomic mass is 10.0. The van der Waals surface area contributed by atoms with Gasteiger partial charge in [-0.1, -0.05) is 239 Å². The van der Waals surface area contributed by atoms with Crippen LogP contribution in [0, 0.1) is 0 Å². The van der Waals surface area contributed by atoms with Crippen molar-refractivity contribution in [1.29, 1.82) is 0 Å². The minimum atomic E-state index is -0.816. The minimum absolute atomic E-state index is 0.107. The largest absolute Gasteiger partial charge is 0.462 e. The zero-order valence-corrected chi connectivity index (χ0v) is 44.1. The molecule has 0 aromatic carbocycles. The fourth-order valence-corrected chi connectivity index (χ4v) is 7.36. The Balaban J connectivity index is 4.51. The van der Waals surface area contributed by atoms with E-state index in [1.807, 2.05) is 6.08 Å². The number of allylic oxidation sites excluding steroid dienone is 18. The van der Waals surface area contributed by atoms with Crippen LogP contribution in [0.5, 0.6) is 0 Å². The summed E-state index contributed by atoms with van der Waals surface area (Å²) in [4.78, 5) is 38.1. The maximum Gasteiger partial charge on any atom is 0.306 e. The Morgan fingerprint density at radius 2 is 0.603 bits per heavy atom. The number of ether oxygens (including phenoxy) is 3. The van der Waals surface area contributed by atoms with Gasteiger partial charge in [-0.05, 0) is 96.3 Å². The third kappa shape index (κ3) is 53.0. The van der Waals surface area contributed by atoms with Gasteiger partial charge >= 0.3 is 17.9 Å². The highest BCUT2D eigenvalue weighted by atomic mass is 16.6. The fourth-order valence-electron chi connectivity index (χ4n) is 7.36. The summed E-state index contributed by atoms with van der Waals surface area (Å²) in [5, 5.41) is 0. The van der Waals surface area contributed by atoms with Crippen LogP contribution in [0.4, 0.5) is 0 Å². The Hall–Kier alpha value is -3.93. The van der Waals surface area contributed by atoms with Crippen LogP contribution in [0.2, 0.25) is 0 Å². The summed E-state index contributed by atoms with van der Waals surface area (Å²) in [7, 11) is 0. The van der Waals surface area contributed by atoms with E-state index in [0.717, 1.165) is 103 Å². The number of hydrogen-bond acceptors (Lipinski definition) is 6. The van der Waals surface area contributed by atoms with E-state index in [9.17, 15) is 14.4 Å². The highest BCUT2D eigenvalue weighted by Crippen LogP contribution is 2.14. The predicted octanol–water partition coefficient (Wildman–Crippen LogP) is 18.7. The van der Waals surface area contributed by atoms with Crippen molar-refractivity contribution in [3.05, 3.63) is 109 Å². The van der Waals surface area contributed by atoms with Gasteiger partial charge < -0.3 is 14.2 Å². The molecule has 0 bridgehead atoms. The van der Waals surface area contributed by atoms with Crippen molar-refractivity contribution >= 4 is 17.9 Å². The van der Waals surface area contributed by atoms with Gasteiger partial charge in [-0.15, -0.1) is 0 Å². The van der Waals surface area contributed by atoms with Crippen molar-refractivity contribution in [3.8, 4) is 0 Å². The first-order valence-electron chi connectivity index (χ1n) is 27.9. The molecule has 6 heteroatoms. The van der Waals surface area contributed by atoms with E-state index in [4.69, 9.17) is 14.2 Å². The van der Waals surface area contributed by atoms with Crippen molar-refractivity contribution < 1.29 is 28.6 Å². The molecular weight excluding hydrogens is 841 g/mol. The topological polar surface area (TPSA) is 78.9 Å². The number of unbranched alkanes of at least 4 members (excludes halogenated alkanes) is 20. The third-order valence-corrected chi connectivity index (χ3v) is 11.5. The fraction of sp³-hybridized carbons (Fsp3) is 0.661. The monoisotopic (exact) mass is 943 g/mol. The first-order valence-corrected chi connectivity index (χ1v) is 27.9. The Kier molecular flexibility index (Phi) is 52.4. The Morgan fingerprint density at radius 3 is 1.01 bits per heavy atom. The summed E-state index contributed by atoms with van der Waals surface area (Å²) >= 11 is 0. The summed E-state index contributed by atoms with van der Waals surface area (Å²) < 4.78 is 16.8. The van der Waals surface area contributed by atoms with Gasteiger partial charge in [0.05, 0.1) is 0 Å². The first-order chi connectivity index (χ1) is 33.5. The van der Waals surface area contributed by atoms with Gasteiger partial charge in [0.15, 0.2) is 6.10 Å². The normalized spacial score (nSPS) is 12.9. The van der Waals surface area contributed by atoms with Crippen LogP contribution in [0.1, 0.15) is 245 Å². The lowest BCUT2D eigenvalue weighted by Crippen LogP contribution is -2.30. The van der Waals surface area contributed by atoms with E-state index in [-0.39, 0.29) is 37.5 Å². The standard InChI is InChI=1S/C62H102O6/c1-4-7-10-13-16-19-22-25-27-29-31-33-35-37-40-43-46-49-52-55-61(64)67-58-59(57-66-60(63)54-51-48-45-42-39-24-21-18-15-12-9-6-3)68-62(65)56-53-50-47-44-41-38-36-34-32-30-28-26-23-20-17-14-11-8-5-2/h7,10,16-17,19-20,25-28,31-34,37,40,46,49,59H,4-6,8-9,11-15,18,21-24,29-30,35-36,38-39,41-45,47-48,50-58H2,1-3H3/b10-7-,19-16-,20-17-,27-25-,28-26-,33-31-,34-32-,40-37-,49-46-/t59-/m1/s1. The molecule has 0 saturated carbocycles. The van der Waals surface area contributed by atoms with Crippen LogP contribution in [-0.4, -0.2) is 37.2 Å². The molecule has 6 nitrogen and oxygen atoms in total. The molecule has 1 atom stereocenters. The van der Waals surface area contributed by atoms with Gasteiger partial charge in [0, 0.05) is 19.3 Å². The second-order valence-corrected chi connectivity index (χ2v) is 18.1. The van der Waals surface area contributed by atoms with Crippen LogP contribution in [0.3, 0.4) is 0 Å². The number of hydrogen-bond donors (Lipinski definition) is 0. The molecule has 0 radical (unpaired) electrons. The molecule has 0 aliphatic rings. The van der Waals surface area contributed by atoms with E-state index in [1.54, 1.807) is 0 Å². The molecular formula is C62H102O6. The van der Waals surface area contributed by atoms with Gasteiger partial charge in [-0.3, -0.25) is 14.4 Å². The Morgan fingerprint density at radius 1 is 0.309 bits per heavy atom. The van der Waals surface area contributed by atoms with E-state index < -0.39 is 6.10 Å². The molecule has 0 spiro atoms. The summed E-state index contributed by atoms with van der Waals surface area (Å²) in [6.07, 6.45) is 75.1. The van der Waals surface area contributed by atoms with Crippen molar-refractivity contribution in [2.45, 2.75) is 252 Å². The SMILES string of the molecule is CC/C=C\C/C=C\C/C=C\C/C=C\C/C=C\C/C=C\CCC(=O)OC[C@@H](COC(=O)CCCCCCCCCCCCCC)OC(=O)CCCCCCCC/C=C\C/C=C\C/C=C\CCCCC. The maximum atomic E-state index is 12.8. The van der Waals surface area contributed by atoms with E-state index in [2.05, 4.69) is 124 Å². The smallest absolute Gasteiger partial charge is 0.306 e. The van der Waals surface area contributed by atoms with Crippen LogP contribution < -0.4 is 0 Å². The number of esters is 3. The average molecular weight is 943 g/mol. The average Bonchev–Trinajstić information content (AvgIpc) is 3.34. The molecule has 68 heavy (non-hydrogen) atoms. The predicted molar refractivity (Wildman–Crippen MR) is 293 cm³/mol. The molecule has 0 rings (SSSR count). The van der Waals surface area contributed by atoms with Crippen molar-refractivity contribution in [2.24, 2.45) is 0 Å². The van der Waals surface area contributed by atoms with Crippen molar-refractivity contribution in [2.75, 3.05) is 13.2 Å². The molecule has 0 saturated heterocycles. The molecule has 0 aromatic rings. The summed E-state index contributed by atoms with van der Waals surface area (Å²) in [5.74, 6) is -1.01. The van der Waals surface area contributed by atoms with E-state index in [0.29, 0.717) is 19.3 Å². The number of rotatable bonds is 49. The molecule has 386 valence electrons. The third-order valence-electron chi connectivity index (χ3n) is 11.5. The molecule has 0 unspecified atom stereocenters. The van der Waals surface area contributed by atoms with Gasteiger partial charge in [0.25, 0.3) is 0 Å². The van der Waals surface area contributed by atoms with E-state index in [1.165, 1.54) is 96.3 Å². The lowest BCUT2D eigenvalue weighted by Gasteiger charge is -2.18. The molecule has 0 fully saturated rings. The quantitative estimate of drug-likeness (QED) is 0.0262. The zero-order valence-electron chi connectivity index (χ0n) is 44.1. The summed E-state index contributed by atoms with van der Waals surface area (Å²) in [6, 6.07) is 0. The molecule has 0 aliphatic carbocycles. The van der Waals surface area contributed by atoms with Crippen LogP contribution in [0.25, 0.3) is 0 Å². The van der Waals surface area contributed by atoms with Crippen LogP contribution in [0.15, 0.2) is 109 Å². The Bertz CT molecular complexity index is 1410. The molecule has 0 amide bonds. The molecule has 0 heterocycles. The van der Waals surface area contributed by atoms with Gasteiger partial charge in [-0.25, -0.2) is 0 Å². The van der Waals surface area contributed by atoms with Crippen LogP contribution >= 0.6 is 0 Å². The first kappa shape index (κ1) is 64.1. The minimum Gasteiger partial charge on any atom is -0.462 e. The second kappa shape index (κ2) is 55.7. The van der Waals surface area contributed by atoms with Crippen LogP contribution in [-0.2, 0) is 28.6 Å². The van der Waals surface area contributed by atoms with E-state index >= 15 is 0 Å². The van der Waals surface area contributed by atoms with Gasteiger partial charge in [-0.2, -0.15) is 0 Å². The molecule has 0 aromatic heterocycles. The van der Waals surface area contributed by atoms with Gasteiger partial charge in [0.2, 0.25) is 0 Å². The molecule has 0 aliphatic heterocycles. The zero-order chi connectivity index (χ0) is 49.3. The highest BCUT2D eigenvalue weighted by molar-refractivity contribution is 5.71. The number of carbonyl (C=O) groups excluding carboxylic acids is 3. The van der Waals surface area contributed by atoms with Crippen molar-refractivity contribution in [1.82, 2.24) is 0 Å². The second-order valence-electron chi connectivity index (χ2n) is 18.1. The number of carbonyl (C=O) groups is 3. The highest BCUT2D eigenvalue weighted by Gasteiger charge is 2.19.